The molecule has 1 N–H and O–H groups in total. The largest absolute Gasteiger partial charge is 0.508 e. The van der Waals surface area contributed by atoms with E-state index in [1.54, 1.807) is 19.1 Å². The van der Waals surface area contributed by atoms with Crippen LogP contribution in [0.25, 0.3) is 11.0 Å². The molecular formula is C13H14N2O2. The first-order valence-electron chi connectivity index (χ1n) is 5.84. The third-order valence-corrected chi connectivity index (χ3v) is 3.07. The molecule has 1 fully saturated rings. The Hall–Kier alpha value is -1.84. The molecule has 0 spiro atoms. The Bertz CT molecular complexity index is 597. The zero-order valence-corrected chi connectivity index (χ0v) is 9.68. The number of aromatic nitrogens is 2. The normalized spacial score (nSPS) is 15.4. The van der Waals surface area contributed by atoms with E-state index in [2.05, 4.69) is 9.55 Å². The number of benzene rings is 1. The van der Waals surface area contributed by atoms with Crippen LogP contribution in [0.3, 0.4) is 0 Å². The van der Waals surface area contributed by atoms with Crippen LogP contribution >= 0.6 is 0 Å². The molecule has 17 heavy (non-hydrogen) atoms. The molecule has 0 atom stereocenters. The summed E-state index contributed by atoms with van der Waals surface area (Å²) >= 11 is 0. The van der Waals surface area contributed by atoms with Gasteiger partial charge in [0.15, 0.2) is 0 Å². The molecule has 4 heteroatoms. The van der Waals surface area contributed by atoms with Gasteiger partial charge in [0.25, 0.3) is 0 Å². The van der Waals surface area contributed by atoms with Gasteiger partial charge in [0.1, 0.15) is 17.4 Å². The third kappa shape index (κ3) is 1.79. The molecule has 0 aliphatic heterocycles. The summed E-state index contributed by atoms with van der Waals surface area (Å²) in [7, 11) is 0. The number of carbonyl (C=O) groups excluding carboxylic acids is 1. The average Bonchev–Trinajstić information content (AvgIpc) is 3.00. The molecule has 1 aromatic heterocycles. The van der Waals surface area contributed by atoms with Crippen molar-refractivity contribution in [3.05, 3.63) is 24.0 Å². The number of aromatic hydroxyl groups is 1. The molecule has 1 saturated carbocycles. The van der Waals surface area contributed by atoms with Gasteiger partial charge in [-0.05, 0) is 31.9 Å². The number of ketones is 1. The van der Waals surface area contributed by atoms with Crippen LogP contribution in [0.1, 0.15) is 31.6 Å². The number of phenols is 1. The maximum Gasteiger partial charge on any atom is 0.137 e. The van der Waals surface area contributed by atoms with Crippen LogP contribution in [0, 0.1) is 0 Å². The highest BCUT2D eigenvalue weighted by molar-refractivity contribution is 5.81. The Labute approximate surface area is 98.9 Å². The summed E-state index contributed by atoms with van der Waals surface area (Å²) in [6.45, 7) is 1.58. The minimum Gasteiger partial charge on any atom is -0.508 e. The van der Waals surface area contributed by atoms with Crippen molar-refractivity contribution in [3.8, 4) is 5.75 Å². The number of fused-ring (bicyclic) bond motifs is 1. The Morgan fingerprint density at radius 3 is 2.94 bits per heavy atom. The highest BCUT2D eigenvalue weighted by atomic mass is 16.3. The molecule has 4 nitrogen and oxygen atoms in total. The highest BCUT2D eigenvalue weighted by Crippen LogP contribution is 2.39. The quantitative estimate of drug-likeness (QED) is 0.879. The van der Waals surface area contributed by atoms with Crippen LogP contribution in [0.5, 0.6) is 5.75 Å². The topological polar surface area (TPSA) is 55.1 Å². The smallest absolute Gasteiger partial charge is 0.137 e. The lowest BCUT2D eigenvalue weighted by molar-refractivity contribution is -0.116. The van der Waals surface area contributed by atoms with Gasteiger partial charge in [0, 0.05) is 12.1 Å². The van der Waals surface area contributed by atoms with Crippen LogP contribution in [-0.2, 0) is 11.2 Å². The van der Waals surface area contributed by atoms with Crippen LogP contribution < -0.4 is 0 Å². The van der Waals surface area contributed by atoms with E-state index in [9.17, 15) is 9.90 Å². The average molecular weight is 230 g/mol. The van der Waals surface area contributed by atoms with E-state index in [0.717, 1.165) is 29.7 Å². The van der Waals surface area contributed by atoms with Gasteiger partial charge < -0.3 is 9.67 Å². The monoisotopic (exact) mass is 230 g/mol. The summed E-state index contributed by atoms with van der Waals surface area (Å²) in [5.74, 6) is 1.15. The predicted molar refractivity (Wildman–Crippen MR) is 64.1 cm³/mol. The molecule has 1 aliphatic rings. The lowest BCUT2D eigenvalue weighted by atomic mass is 10.3. The number of hydrogen-bond donors (Lipinski definition) is 1. The standard InChI is InChI=1S/C13H14N2O2/c1-8(16)6-13-14-11-7-10(17)4-5-12(11)15(13)9-2-3-9/h4-5,7,9,17H,2-3,6H2,1H3. The van der Waals surface area contributed by atoms with E-state index in [4.69, 9.17) is 0 Å². The van der Waals surface area contributed by atoms with E-state index >= 15 is 0 Å². The van der Waals surface area contributed by atoms with Gasteiger partial charge in [0.05, 0.1) is 17.5 Å². The van der Waals surface area contributed by atoms with Gasteiger partial charge in [-0.15, -0.1) is 0 Å². The Balaban J connectivity index is 2.19. The summed E-state index contributed by atoms with van der Waals surface area (Å²) in [6.07, 6.45) is 2.67. The van der Waals surface area contributed by atoms with Crippen molar-refractivity contribution < 1.29 is 9.90 Å². The van der Waals surface area contributed by atoms with Gasteiger partial charge in [-0.3, -0.25) is 4.79 Å². The van der Waals surface area contributed by atoms with E-state index in [1.807, 2.05) is 6.07 Å². The highest BCUT2D eigenvalue weighted by Gasteiger charge is 2.28. The molecule has 0 saturated heterocycles. The molecule has 0 radical (unpaired) electrons. The molecule has 1 aromatic carbocycles. The summed E-state index contributed by atoms with van der Waals surface area (Å²) in [5.41, 5.74) is 1.79. The molecule has 1 heterocycles. The summed E-state index contributed by atoms with van der Waals surface area (Å²) in [4.78, 5) is 15.7. The molecule has 0 amide bonds. The molecule has 2 aromatic rings. The van der Waals surface area contributed by atoms with Crippen molar-refractivity contribution in [2.75, 3.05) is 0 Å². The van der Waals surface area contributed by atoms with Crippen LogP contribution in [0.4, 0.5) is 0 Å². The number of phenolic OH excluding ortho intramolecular Hbond substituents is 1. The third-order valence-electron chi connectivity index (χ3n) is 3.07. The number of hydrogen-bond acceptors (Lipinski definition) is 3. The fourth-order valence-corrected chi connectivity index (χ4v) is 2.22. The first kappa shape index (κ1) is 10.3. The van der Waals surface area contributed by atoms with E-state index in [1.165, 1.54) is 0 Å². The Morgan fingerprint density at radius 1 is 1.53 bits per heavy atom. The first-order chi connectivity index (χ1) is 8.15. The second-order valence-corrected chi connectivity index (χ2v) is 4.68. The number of imidazole rings is 1. The zero-order chi connectivity index (χ0) is 12.0. The molecular weight excluding hydrogens is 216 g/mol. The second-order valence-electron chi connectivity index (χ2n) is 4.68. The summed E-state index contributed by atoms with van der Waals surface area (Å²) in [6, 6.07) is 5.68. The zero-order valence-electron chi connectivity index (χ0n) is 9.68. The van der Waals surface area contributed by atoms with Crippen molar-refractivity contribution >= 4 is 16.8 Å². The van der Waals surface area contributed by atoms with E-state index in [-0.39, 0.29) is 11.5 Å². The predicted octanol–water partition coefficient (Wildman–Crippen LogP) is 2.21. The lowest BCUT2D eigenvalue weighted by Crippen LogP contribution is -2.06. The van der Waals surface area contributed by atoms with Gasteiger partial charge in [-0.1, -0.05) is 0 Å². The fourth-order valence-electron chi connectivity index (χ4n) is 2.22. The number of Topliss-reactive ketones (excluding diaryl/α,β-unsaturated/α-hetero) is 1. The van der Waals surface area contributed by atoms with Crippen LogP contribution in [0.2, 0.25) is 0 Å². The second kappa shape index (κ2) is 3.58. The van der Waals surface area contributed by atoms with Crippen molar-refractivity contribution in [3.63, 3.8) is 0 Å². The van der Waals surface area contributed by atoms with Crippen molar-refractivity contribution in [2.45, 2.75) is 32.2 Å². The van der Waals surface area contributed by atoms with Gasteiger partial charge in [-0.25, -0.2) is 4.98 Å². The molecule has 88 valence electrons. The van der Waals surface area contributed by atoms with Crippen molar-refractivity contribution in [1.29, 1.82) is 0 Å². The first-order valence-corrected chi connectivity index (χ1v) is 5.84. The molecule has 0 unspecified atom stereocenters. The van der Waals surface area contributed by atoms with Gasteiger partial charge in [0.2, 0.25) is 0 Å². The number of rotatable bonds is 3. The van der Waals surface area contributed by atoms with Crippen molar-refractivity contribution in [1.82, 2.24) is 9.55 Å². The Kier molecular flexibility index (Phi) is 2.18. The Morgan fingerprint density at radius 2 is 2.29 bits per heavy atom. The summed E-state index contributed by atoms with van der Waals surface area (Å²) < 4.78 is 2.15. The van der Waals surface area contributed by atoms with E-state index in [0.29, 0.717) is 12.5 Å². The lowest BCUT2D eigenvalue weighted by Gasteiger charge is -2.05. The number of nitrogens with zero attached hydrogens (tertiary/aromatic N) is 2. The van der Waals surface area contributed by atoms with Gasteiger partial charge in [-0.2, -0.15) is 0 Å². The molecule has 3 rings (SSSR count). The maximum absolute atomic E-state index is 11.2. The molecule has 1 aliphatic carbocycles. The van der Waals surface area contributed by atoms with Crippen LogP contribution in [0.15, 0.2) is 18.2 Å². The summed E-state index contributed by atoms with van der Waals surface area (Å²) in [5, 5.41) is 9.45. The molecule has 0 bridgehead atoms. The minimum absolute atomic E-state index is 0.117. The van der Waals surface area contributed by atoms with E-state index < -0.39 is 0 Å². The fraction of sp³-hybridized carbons (Fsp3) is 0.385. The SMILES string of the molecule is CC(=O)Cc1nc2cc(O)ccc2n1C1CC1. The van der Waals surface area contributed by atoms with Crippen LogP contribution in [-0.4, -0.2) is 20.4 Å². The minimum atomic E-state index is 0.117. The van der Waals surface area contributed by atoms with Crippen molar-refractivity contribution in [2.24, 2.45) is 0 Å². The maximum atomic E-state index is 11.2. The van der Waals surface area contributed by atoms with Gasteiger partial charge >= 0.3 is 0 Å². The number of carbonyl (C=O) groups is 1.